The maximum Gasteiger partial charge on any atom is 0.260 e. The quantitative estimate of drug-likeness (QED) is 0.388. The zero-order chi connectivity index (χ0) is 22.7. The summed E-state index contributed by atoms with van der Waals surface area (Å²) in [6.45, 7) is 0.402. The number of hydrogen-bond donors (Lipinski definition) is 0. The SMILES string of the molecule is COc1ccc(OC)c2sc(N(Cc3ccccc3)C(=O)c3ccc(N(C)C)cc3)nc12. The van der Waals surface area contributed by atoms with E-state index in [9.17, 15) is 4.79 Å². The molecule has 0 unspecified atom stereocenters. The highest BCUT2D eigenvalue weighted by atomic mass is 32.1. The summed E-state index contributed by atoms with van der Waals surface area (Å²) in [7, 11) is 7.18. The molecule has 3 aromatic carbocycles. The molecule has 0 spiro atoms. The van der Waals surface area contributed by atoms with Gasteiger partial charge in [0.1, 0.15) is 21.7 Å². The van der Waals surface area contributed by atoms with Crippen LogP contribution in [0, 0.1) is 0 Å². The number of methoxy groups -OCH3 is 2. The summed E-state index contributed by atoms with van der Waals surface area (Å²) in [6.07, 6.45) is 0. The van der Waals surface area contributed by atoms with Crippen molar-refractivity contribution in [2.24, 2.45) is 0 Å². The monoisotopic (exact) mass is 447 g/mol. The lowest BCUT2D eigenvalue weighted by Crippen LogP contribution is -2.30. The minimum Gasteiger partial charge on any atom is -0.495 e. The molecule has 0 aliphatic carbocycles. The zero-order valence-corrected chi connectivity index (χ0v) is 19.3. The highest BCUT2D eigenvalue weighted by Crippen LogP contribution is 2.40. The maximum atomic E-state index is 13.6. The molecule has 32 heavy (non-hydrogen) atoms. The Labute approximate surface area is 191 Å². The van der Waals surface area contributed by atoms with Gasteiger partial charge in [-0.05, 0) is 42.0 Å². The van der Waals surface area contributed by atoms with E-state index in [1.807, 2.05) is 85.7 Å². The van der Waals surface area contributed by atoms with Crippen LogP contribution in [0.1, 0.15) is 15.9 Å². The number of nitrogens with zero attached hydrogens (tertiary/aromatic N) is 3. The third kappa shape index (κ3) is 4.24. The number of ether oxygens (including phenoxy) is 2. The number of amides is 1. The third-order valence-electron chi connectivity index (χ3n) is 5.19. The highest BCUT2D eigenvalue weighted by Gasteiger charge is 2.24. The van der Waals surface area contributed by atoms with Crippen molar-refractivity contribution in [1.82, 2.24) is 4.98 Å². The van der Waals surface area contributed by atoms with Crippen molar-refractivity contribution in [3.8, 4) is 11.5 Å². The van der Waals surface area contributed by atoms with E-state index in [0.29, 0.717) is 34.3 Å². The lowest BCUT2D eigenvalue weighted by atomic mass is 10.1. The van der Waals surface area contributed by atoms with Crippen molar-refractivity contribution >= 4 is 38.3 Å². The number of hydrogen-bond acceptors (Lipinski definition) is 6. The molecule has 6 nitrogen and oxygen atoms in total. The molecule has 164 valence electrons. The van der Waals surface area contributed by atoms with E-state index in [2.05, 4.69) is 0 Å². The normalized spacial score (nSPS) is 10.8. The van der Waals surface area contributed by atoms with Gasteiger partial charge in [0.2, 0.25) is 0 Å². The second-order valence-corrected chi connectivity index (χ2v) is 8.44. The number of rotatable bonds is 7. The van der Waals surface area contributed by atoms with E-state index in [1.165, 1.54) is 11.3 Å². The summed E-state index contributed by atoms with van der Waals surface area (Å²) in [4.78, 5) is 22.1. The summed E-state index contributed by atoms with van der Waals surface area (Å²) in [5.41, 5.74) is 3.33. The molecule has 1 amide bonds. The number of carbonyl (C=O) groups excluding carboxylic acids is 1. The van der Waals surface area contributed by atoms with Crippen LogP contribution in [-0.4, -0.2) is 39.2 Å². The maximum absolute atomic E-state index is 13.6. The molecule has 0 N–H and O–H groups in total. The molecule has 7 heteroatoms. The lowest BCUT2D eigenvalue weighted by molar-refractivity contribution is 0.0985. The molecule has 4 rings (SSSR count). The van der Waals surface area contributed by atoms with Gasteiger partial charge in [0.25, 0.3) is 5.91 Å². The van der Waals surface area contributed by atoms with Gasteiger partial charge < -0.3 is 14.4 Å². The summed E-state index contributed by atoms with van der Waals surface area (Å²) >= 11 is 1.42. The zero-order valence-electron chi connectivity index (χ0n) is 18.5. The van der Waals surface area contributed by atoms with Crippen molar-refractivity contribution in [2.45, 2.75) is 6.54 Å². The molecule has 0 saturated heterocycles. The molecule has 4 aromatic rings. The number of thiazole rings is 1. The lowest BCUT2D eigenvalue weighted by Gasteiger charge is -2.21. The van der Waals surface area contributed by atoms with Gasteiger partial charge in [-0.2, -0.15) is 0 Å². The number of anilines is 2. The molecule has 0 bridgehead atoms. The van der Waals surface area contributed by atoms with Crippen LogP contribution < -0.4 is 19.3 Å². The number of benzene rings is 3. The smallest absolute Gasteiger partial charge is 0.260 e. The second kappa shape index (κ2) is 9.28. The molecule has 0 fully saturated rings. The largest absolute Gasteiger partial charge is 0.495 e. The minimum absolute atomic E-state index is 0.115. The van der Waals surface area contributed by atoms with E-state index < -0.39 is 0 Å². The van der Waals surface area contributed by atoms with Gasteiger partial charge in [-0.1, -0.05) is 41.7 Å². The van der Waals surface area contributed by atoms with Crippen molar-refractivity contribution in [2.75, 3.05) is 38.1 Å². The average molecular weight is 448 g/mol. The summed E-state index contributed by atoms with van der Waals surface area (Å²) in [5, 5.41) is 0.591. The molecule has 0 atom stereocenters. The Morgan fingerprint density at radius 1 is 0.906 bits per heavy atom. The first-order valence-corrected chi connectivity index (χ1v) is 11.0. The summed E-state index contributed by atoms with van der Waals surface area (Å²) in [5.74, 6) is 1.23. The topological polar surface area (TPSA) is 54.9 Å². The Balaban J connectivity index is 1.80. The molecule has 0 aliphatic heterocycles. The molecular formula is C25H25N3O3S. The first-order valence-electron chi connectivity index (χ1n) is 10.2. The van der Waals surface area contributed by atoms with Crippen LogP contribution in [0.25, 0.3) is 10.2 Å². The number of fused-ring (bicyclic) bond motifs is 1. The first-order chi connectivity index (χ1) is 15.5. The van der Waals surface area contributed by atoms with Crippen LogP contribution in [0.3, 0.4) is 0 Å². The highest BCUT2D eigenvalue weighted by molar-refractivity contribution is 7.22. The van der Waals surface area contributed by atoms with Crippen molar-refractivity contribution < 1.29 is 14.3 Å². The molecule has 0 aliphatic rings. The van der Waals surface area contributed by atoms with Crippen LogP contribution in [0.4, 0.5) is 10.8 Å². The van der Waals surface area contributed by atoms with Crippen LogP contribution in [-0.2, 0) is 6.54 Å². The van der Waals surface area contributed by atoms with Crippen molar-refractivity contribution in [3.63, 3.8) is 0 Å². The van der Waals surface area contributed by atoms with E-state index in [-0.39, 0.29) is 5.91 Å². The molecule has 0 saturated carbocycles. The predicted molar refractivity (Wildman–Crippen MR) is 130 cm³/mol. The fraction of sp³-hybridized carbons (Fsp3) is 0.200. The van der Waals surface area contributed by atoms with Gasteiger partial charge in [0, 0.05) is 25.3 Å². The Morgan fingerprint density at radius 2 is 1.56 bits per heavy atom. The summed E-state index contributed by atoms with van der Waals surface area (Å²) < 4.78 is 11.9. The molecule has 1 heterocycles. The van der Waals surface area contributed by atoms with Gasteiger partial charge in [0.15, 0.2) is 5.13 Å². The Hall–Kier alpha value is -3.58. The second-order valence-electron chi connectivity index (χ2n) is 7.46. The van der Waals surface area contributed by atoms with Crippen LogP contribution in [0.5, 0.6) is 11.5 Å². The van der Waals surface area contributed by atoms with Gasteiger partial charge >= 0.3 is 0 Å². The van der Waals surface area contributed by atoms with Gasteiger partial charge in [0.05, 0.1) is 20.8 Å². The van der Waals surface area contributed by atoms with E-state index in [0.717, 1.165) is 16.0 Å². The number of carbonyl (C=O) groups is 1. The Bertz CT molecular complexity index is 1180. The van der Waals surface area contributed by atoms with Gasteiger partial charge in [-0.3, -0.25) is 9.69 Å². The summed E-state index contributed by atoms with van der Waals surface area (Å²) in [6, 6.07) is 21.2. The van der Waals surface area contributed by atoms with Gasteiger partial charge in [-0.15, -0.1) is 0 Å². The van der Waals surface area contributed by atoms with Crippen LogP contribution in [0.15, 0.2) is 66.7 Å². The van der Waals surface area contributed by atoms with E-state index in [1.54, 1.807) is 19.1 Å². The fourth-order valence-corrected chi connectivity index (χ4v) is 4.51. The predicted octanol–water partition coefficient (Wildman–Crippen LogP) is 5.23. The van der Waals surface area contributed by atoms with Crippen LogP contribution in [0.2, 0.25) is 0 Å². The molecule has 0 radical (unpaired) electrons. The number of aromatic nitrogens is 1. The molecule has 1 aromatic heterocycles. The third-order valence-corrected chi connectivity index (χ3v) is 6.28. The van der Waals surface area contributed by atoms with Crippen LogP contribution >= 0.6 is 11.3 Å². The minimum atomic E-state index is -0.115. The average Bonchev–Trinajstić information content (AvgIpc) is 3.27. The Kier molecular flexibility index (Phi) is 6.28. The van der Waals surface area contributed by atoms with E-state index >= 15 is 0 Å². The molecular weight excluding hydrogens is 422 g/mol. The Morgan fingerprint density at radius 3 is 2.19 bits per heavy atom. The standard InChI is InChI=1S/C25H25N3O3S/c1-27(2)19-12-10-18(11-13-19)24(29)28(16-17-8-6-5-7-9-17)25-26-22-20(30-3)14-15-21(31-4)23(22)32-25/h5-15H,16H2,1-4H3. The van der Waals surface area contributed by atoms with Gasteiger partial charge in [-0.25, -0.2) is 4.98 Å². The van der Waals surface area contributed by atoms with Crippen molar-refractivity contribution in [3.05, 3.63) is 77.9 Å². The first kappa shape index (κ1) is 21.6. The van der Waals surface area contributed by atoms with E-state index in [4.69, 9.17) is 14.5 Å². The fourth-order valence-electron chi connectivity index (χ4n) is 3.44. The van der Waals surface area contributed by atoms with Crippen molar-refractivity contribution in [1.29, 1.82) is 0 Å².